The number of carbonyl (C=O) groups excluding carboxylic acids is 3. The third kappa shape index (κ3) is 3.94. The number of nitrogens with zero attached hydrogens (tertiary/aromatic N) is 2. The van der Waals surface area contributed by atoms with Crippen LogP contribution in [0.15, 0.2) is 24.3 Å². The Morgan fingerprint density at radius 1 is 1.28 bits per heavy atom. The van der Waals surface area contributed by atoms with Crippen molar-refractivity contribution in [2.45, 2.75) is 13.3 Å². The molecule has 11 heteroatoms. The molecule has 0 aliphatic heterocycles. The number of hydrogen-bond acceptors (Lipinski definition) is 6. The first-order chi connectivity index (χ1) is 13.7. The van der Waals surface area contributed by atoms with Gasteiger partial charge in [0.25, 0.3) is 11.8 Å². The van der Waals surface area contributed by atoms with Crippen LogP contribution in [0.25, 0.3) is 10.9 Å². The fraction of sp³-hybridized carbons (Fsp3) is 0.167. The van der Waals surface area contributed by atoms with Crippen molar-refractivity contribution in [1.82, 2.24) is 14.9 Å². The smallest absolute Gasteiger partial charge is 0.352 e. The van der Waals surface area contributed by atoms with Gasteiger partial charge in [-0.05, 0) is 30.7 Å². The number of fused-ring (bicyclic) bond motifs is 1. The van der Waals surface area contributed by atoms with E-state index in [2.05, 4.69) is 15.3 Å². The summed E-state index contributed by atoms with van der Waals surface area (Å²) in [5, 5.41) is 12.5. The van der Waals surface area contributed by atoms with Crippen LogP contribution < -0.4 is 11.1 Å². The average molecular weight is 415 g/mol. The zero-order chi connectivity index (χ0) is 21.3. The molecule has 0 radical (unpaired) electrons. The van der Waals surface area contributed by atoms with Crippen LogP contribution in [0.2, 0.25) is 0 Å². The van der Waals surface area contributed by atoms with Gasteiger partial charge in [-0.3, -0.25) is 19.8 Å². The number of carbonyl (C=O) groups is 4. The standard InChI is InChI=1S/C18H17N5O5S/c1-3-12-13(15(25)23(2)17(19)28)21-18(29-12)22-14(24)8-4-5-10-9(6-8)7-11(20-10)16(26)27/h4-7,20H,3H2,1-2H3,(H2,19,28)(H,26,27)(H,21,22,24). The molecule has 0 aliphatic carbocycles. The number of carboxylic acids is 1. The fourth-order valence-corrected chi connectivity index (χ4v) is 3.52. The summed E-state index contributed by atoms with van der Waals surface area (Å²) in [6.07, 6.45) is 0.481. The van der Waals surface area contributed by atoms with E-state index < -0.39 is 23.8 Å². The third-order valence-electron chi connectivity index (χ3n) is 4.19. The summed E-state index contributed by atoms with van der Waals surface area (Å²) in [6, 6.07) is 5.22. The maximum Gasteiger partial charge on any atom is 0.352 e. The van der Waals surface area contributed by atoms with E-state index in [-0.39, 0.29) is 16.5 Å². The van der Waals surface area contributed by atoms with Gasteiger partial charge in [0.2, 0.25) is 0 Å². The van der Waals surface area contributed by atoms with Gasteiger partial charge in [-0.2, -0.15) is 0 Å². The Kier molecular flexibility index (Phi) is 5.33. The number of nitrogens with two attached hydrogens (primary N) is 1. The summed E-state index contributed by atoms with van der Waals surface area (Å²) in [7, 11) is 1.25. The van der Waals surface area contributed by atoms with Crippen LogP contribution >= 0.6 is 11.3 Å². The molecule has 2 aromatic heterocycles. The predicted molar refractivity (Wildman–Crippen MR) is 106 cm³/mol. The van der Waals surface area contributed by atoms with Gasteiger partial charge in [-0.25, -0.2) is 14.6 Å². The molecule has 2 heterocycles. The molecular formula is C18H17N5O5S. The molecule has 0 saturated carbocycles. The maximum atomic E-state index is 12.6. The number of urea groups is 1. The monoisotopic (exact) mass is 415 g/mol. The minimum absolute atomic E-state index is 0.0202. The summed E-state index contributed by atoms with van der Waals surface area (Å²) < 4.78 is 0. The normalized spacial score (nSPS) is 10.7. The van der Waals surface area contributed by atoms with Crippen LogP contribution in [-0.4, -0.2) is 50.8 Å². The van der Waals surface area contributed by atoms with Crippen LogP contribution in [-0.2, 0) is 6.42 Å². The molecule has 0 fully saturated rings. The lowest BCUT2D eigenvalue weighted by Crippen LogP contribution is -2.37. The molecule has 10 nitrogen and oxygen atoms in total. The molecule has 3 aromatic rings. The third-order valence-corrected chi connectivity index (χ3v) is 5.31. The van der Waals surface area contributed by atoms with Crippen LogP contribution in [0.4, 0.5) is 9.93 Å². The lowest BCUT2D eigenvalue weighted by Gasteiger charge is -2.10. The number of aryl methyl sites for hydroxylation is 1. The van der Waals surface area contributed by atoms with E-state index in [0.29, 0.717) is 27.8 Å². The minimum Gasteiger partial charge on any atom is -0.477 e. The van der Waals surface area contributed by atoms with Crippen molar-refractivity contribution in [2.75, 3.05) is 12.4 Å². The Morgan fingerprint density at radius 2 is 2.00 bits per heavy atom. The molecule has 0 aliphatic rings. The number of thiazole rings is 1. The second-order valence-electron chi connectivity index (χ2n) is 6.09. The number of imide groups is 1. The van der Waals surface area contributed by atoms with Gasteiger partial charge in [0.15, 0.2) is 5.13 Å². The van der Waals surface area contributed by atoms with Gasteiger partial charge in [-0.15, -0.1) is 11.3 Å². The van der Waals surface area contributed by atoms with Crippen LogP contribution in [0.1, 0.15) is 43.1 Å². The number of rotatable bonds is 5. The lowest BCUT2D eigenvalue weighted by atomic mass is 10.1. The highest BCUT2D eigenvalue weighted by Gasteiger charge is 2.24. The topological polar surface area (TPSA) is 158 Å². The summed E-state index contributed by atoms with van der Waals surface area (Å²) in [5.74, 6) is -2.22. The van der Waals surface area contributed by atoms with E-state index in [1.807, 2.05) is 6.92 Å². The zero-order valence-corrected chi connectivity index (χ0v) is 16.3. The molecule has 0 bridgehead atoms. The number of primary amides is 1. The molecule has 0 spiro atoms. The van der Waals surface area contributed by atoms with E-state index >= 15 is 0 Å². The number of anilines is 1. The van der Waals surface area contributed by atoms with Crippen LogP contribution in [0.3, 0.4) is 0 Å². The highest BCUT2D eigenvalue weighted by Crippen LogP contribution is 2.26. The molecule has 1 aromatic carbocycles. The maximum absolute atomic E-state index is 12.6. The molecule has 0 atom stereocenters. The highest BCUT2D eigenvalue weighted by molar-refractivity contribution is 7.16. The molecule has 29 heavy (non-hydrogen) atoms. The number of benzene rings is 1. The SMILES string of the molecule is CCc1sc(NC(=O)c2ccc3[nH]c(C(=O)O)cc3c2)nc1C(=O)N(C)C(N)=O. The van der Waals surface area contributed by atoms with Crippen molar-refractivity contribution in [3.05, 3.63) is 46.1 Å². The van der Waals surface area contributed by atoms with Crippen LogP contribution in [0.5, 0.6) is 0 Å². The largest absolute Gasteiger partial charge is 0.477 e. The van der Waals surface area contributed by atoms with E-state index in [9.17, 15) is 19.2 Å². The number of aromatic carboxylic acids is 1. The quantitative estimate of drug-likeness (QED) is 0.500. The Hall–Kier alpha value is -3.73. The fourth-order valence-electron chi connectivity index (χ4n) is 2.63. The van der Waals surface area contributed by atoms with Gasteiger partial charge >= 0.3 is 12.0 Å². The van der Waals surface area contributed by atoms with Crippen molar-refractivity contribution >= 4 is 51.2 Å². The summed E-state index contributed by atoms with van der Waals surface area (Å²) in [5.41, 5.74) is 6.09. The van der Waals surface area contributed by atoms with Crippen molar-refractivity contribution < 1.29 is 24.3 Å². The lowest BCUT2D eigenvalue weighted by molar-refractivity contribution is 0.0690. The second kappa shape index (κ2) is 7.72. The van der Waals surface area contributed by atoms with Crippen molar-refractivity contribution in [3.63, 3.8) is 0 Å². The van der Waals surface area contributed by atoms with Crippen LogP contribution in [0, 0.1) is 0 Å². The molecule has 4 amide bonds. The van der Waals surface area contributed by atoms with Gasteiger partial charge < -0.3 is 15.8 Å². The van der Waals surface area contributed by atoms with Gasteiger partial charge in [0.1, 0.15) is 11.4 Å². The van der Waals surface area contributed by atoms with Crippen molar-refractivity contribution in [1.29, 1.82) is 0 Å². The second-order valence-corrected chi connectivity index (χ2v) is 7.17. The molecule has 3 rings (SSSR count). The number of aromatic nitrogens is 2. The van der Waals surface area contributed by atoms with E-state index in [0.717, 1.165) is 16.2 Å². The van der Waals surface area contributed by atoms with Gasteiger partial charge in [0.05, 0.1) is 0 Å². The number of amides is 4. The number of H-pyrrole nitrogens is 1. The minimum atomic E-state index is -1.10. The van der Waals surface area contributed by atoms with Crippen molar-refractivity contribution in [2.24, 2.45) is 5.73 Å². The Bertz CT molecular complexity index is 1150. The first-order valence-electron chi connectivity index (χ1n) is 8.45. The Labute approximate surface area is 168 Å². The van der Waals surface area contributed by atoms with Crippen molar-refractivity contribution in [3.8, 4) is 0 Å². The summed E-state index contributed by atoms with van der Waals surface area (Å²) >= 11 is 1.13. The van der Waals surface area contributed by atoms with E-state index in [1.54, 1.807) is 18.2 Å². The molecule has 0 unspecified atom stereocenters. The summed E-state index contributed by atoms with van der Waals surface area (Å²) in [4.78, 5) is 55.4. The molecular weight excluding hydrogens is 398 g/mol. The summed E-state index contributed by atoms with van der Waals surface area (Å²) in [6.45, 7) is 1.82. The highest BCUT2D eigenvalue weighted by atomic mass is 32.1. The average Bonchev–Trinajstić information content (AvgIpc) is 3.29. The number of nitrogens with one attached hydrogen (secondary N) is 2. The molecule has 0 saturated heterocycles. The number of carboxylic acid groups (broad SMARTS) is 1. The first-order valence-corrected chi connectivity index (χ1v) is 9.27. The zero-order valence-electron chi connectivity index (χ0n) is 15.5. The predicted octanol–water partition coefficient (Wildman–Crippen LogP) is 2.29. The Balaban J connectivity index is 1.85. The number of hydrogen-bond donors (Lipinski definition) is 4. The van der Waals surface area contributed by atoms with E-state index in [4.69, 9.17) is 10.8 Å². The van der Waals surface area contributed by atoms with E-state index in [1.165, 1.54) is 13.1 Å². The van der Waals surface area contributed by atoms with Gasteiger partial charge in [-0.1, -0.05) is 6.92 Å². The molecule has 150 valence electrons. The number of aromatic amines is 1. The molecule has 5 N–H and O–H groups in total. The Morgan fingerprint density at radius 3 is 2.62 bits per heavy atom. The van der Waals surface area contributed by atoms with Gasteiger partial charge in [0, 0.05) is 28.4 Å². The first kappa shape index (κ1) is 20.0.